The molecule has 2 heterocycles. The van der Waals surface area contributed by atoms with E-state index in [1.807, 2.05) is 6.07 Å². The summed E-state index contributed by atoms with van der Waals surface area (Å²) in [5.74, 6) is 7.60. The Labute approximate surface area is 125 Å². The standard InChI is InChI=1S/C16H23N5/c1-4-10(3)16-19-13-6-7-14-15(12(17)9-21(14)18)11(13)8-20(16)5-2/h6-7,9-10H,4-5,8,17-18H2,1-3H3. The fourth-order valence-electron chi connectivity index (χ4n) is 3.05. The lowest BCUT2D eigenvalue weighted by Crippen LogP contribution is -2.36. The summed E-state index contributed by atoms with van der Waals surface area (Å²) in [4.78, 5) is 7.24. The highest BCUT2D eigenvalue weighted by molar-refractivity contribution is 6.00. The van der Waals surface area contributed by atoms with Gasteiger partial charge in [0.1, 0.15) is 5.84 Å². The van der Waals surface area contributed by atoms with Crippen molar-refractivity contribution >= 4 is 28.1 Å². The van der Waals surface area contributed by atoms with Crippen LogP contribution in [0.25, 0.3) is 10.9 Å². The fourth-order valence-corrected chi connectivity index (χ4v) is 3.05. The van der Waals surface area contributed by atoms with Crippen LogP contribution in [0, 0.1) is 5.92 Å². The Hall–Kier alpha value is -2.17. The molecule has 1 aliphatic heterocycles. The number of aromatic nitrogens is 1. The molecule has 1 aromatic heterocycles. The Morgan fingerprint density at radius 1 is 1.33 bits per heavy atom. The normalized spacial score (nSPS) is 16.0. The largest absolute Gasteiger partial charge is 0.397 e. The molecule has 2 aromatic rings. The van der Waals surface area contributed by atoms with E-state index in [0.29, 0.717) is 5.92 Å². The minimum atomic E-state index is 0.463. The quantitative estimate of drug-likeness (QED) is 0.852. The third kappa shape index (κ3) is 2.04. The first kappa shape index (κ1) is 13.8. The Kier molecular flexibility index (Phi) is 3.27. The third-order valence-electron chi connectivity index (χ3n) is 4.45. The van der Waals surface area contributed by atoms with Crippen LogP contribution in [-0.4, -0.2) is 22.0 Å². The highest BCUT2D eigenvalue weighted by Gasteiger charge is 2.25. The maximum Gasteiger partial charge on any atom is 0.108 e. The van der Waals surface area contributed by atoms with Gasteiger partial charge in [-0.3, -0.25) is 4.68 Å². The van der Waals surface area contributed by atoms with Gasteiger partial charge in [-0.1, -0.05) is 13.8 Å². The minimum absolute atomic E-state index is 0.463. The summed E-state index contributed by atoms with van der Waals surface area (Å²) in [5.41, 5.74) is 10.0. The van der Waals surface area contributed by atoms with Crippen LogP contribution in [0.15, 0.2) is 23.3 Å². The van der Waals surface area contributed by atoms with Crippen LogP contribution in [0.3, 0.4) is 0 Å². The van der Waals surface area contributed by atoms with Crippen molar-refractivity contribution in [2.24, 2.45) is 10.9 Å². The summed E-state index contributed by atoms with van der Waals surface area (Å²) in [6.45, 7) is 8.39. The molecule has 0 bridgehead atoms. The van der Waals surface area contributed by atoms with Gasteiger partial charge < -0.3 is 16.5 Å². The van der Waals surface area contributed by atoms with E-state index in [1.165, 1.54) is 11.4 Å². The van der Waals surface area contributed by atoms with Gasteiger partial charge in [-0.15, -0.1) is 0 Å². The van der Waals surface area contributed by atoms with E-state index < -0.39 is 0 Å². The van der Waals surface area contributed by atoms with Crippen molar-refractivity contribution in [2.45, 2.75) is 33.7 Å². The van der Waals surface area contributed by atoms with Crippen molar-refractivity contribution in [1.82, 2.24) is 9.58 Å². The van der Waals surface area contributed by atoms with E-state index in [-0.39, 0.29) is 0 Å². The summed E-state index contributed by atoms with van der Waals surface area (Å²) in [7, 11) is 0. The van der Waals surface area contributed by atoms with Gasteiger partial charge >= 0.3 is 0 Å². The van der Waals surface area contributed by atoms with E-state index in [1.54, 1.807) is 10.9 Å². The van der Waals surface area contributed by atoms with E-state index >= 15 is 0 Å². The van der Waals surface area contributed by atoms with Gasteiger partial charge in [0.2, 0.25) is 0 Å². The second-order valence-electron chi connectivity index (χ2n) is 5.74. The van der Waals surface area contributed by atoms with Crippen LogP contribution >= 0.6 is 0 Å². The number of rotatable bonds is 3. The van der Waals surface area contributed by atoms with Crippen LogP contribution in [-0.2, 0) is 6.54 Å². The first-order valence-electron chi connectivity index (χ1n) is 7.57. The molecule has 4 N–H and O–H groups in total. The number of nitrogen functional groups attached to an aromatic ring is 2. The van der Waals surface area contributed by atoms with Crippen LogP contribution in [0.4, 0.5) is 11.4 Å². The Balaban J connectivity index is 2.21. The minimum Gasteiger partial charge on any atom is -0.397 e. The molecule has 1 atom stereocenters. The molecule has 0 aliphatic carbocycles. The maximum atomic E-state index is 6.14. The molecule has 0 fully saturated rings. The number of nitrogens with two attached hydrogens (primary N) is 2. The third-order valence-corrected chi connectivity index (χ3v) is 4.45. The summed E-state index contributed by atoms with van der Waals surface area (Å²) in [6.07, 6.45) is 2.86. The number of anilines is 1. The summed E-state index contributed by atoms with van der Waals surface area (Å²) >= 11 is 0. The smallest absolute Gasteiger partial charge is 0.108 e. The SMILES string of the molecule is CCC(C)C1=Nc2ccc3c(c(N)cn3N)c2CN1CC. The molecular weight excluding hydrogens is 262 g/mol. The second kappa shape index (κ2) is 4.98. The van der Waals surface area contributed by atoms with E-state index in [9.17, 15) is 0 Å². The Morgan fingerprint density at radius 2 is 2.10 bits per heavy atom. The lowest BCUT2D eigenvalue weighted by Gasteiger charge is -2.32. The Bertz CT molecular complexity index is 713. The van der Waals surface area contributed by atoms with E-state index in [4.69, 9.17) is 16.6 Å². The van der Waals surface area contributed by atoms with Gasteiger partial charge in [0.25, 0.3) is 0 Å². The molecule has 112 valence electrons. The average Bonchev–Trinajstić information content (AvgIpc) is 2.79. The molecule has 21 heavy (non-hydrogen) atoms. The summed E-state index contributed by atoms with van der Waals surface area (Å²) < 4.78 is 1.59. The van der Waals surface area contributed by atoms with Crippen molar-refractivity contribution in [3.8, 4) is 0 Å². The molecule has 1 aromatic carbocycles. The van der Waals surface area contributed by atoms with Crippen LogP contribution in [0.5, 0.6) is 0 Å². The van der Waals surface area contributed by atoms with Gasteiger partial charge in [-0.05, 0) is 25.5 Å². The van der Waals surface area contributed by atoms with E-state index in [0.717, 1.165) is 41.8 Å². The predicted octanol–water partition coefficient (Wildman–Crippen LogP) is 2.85. The van der Waals surface area contributed by atoms with Crippen molar-refractivity contribution in [1.29, 1.82) is 0 Å². The lowest BCUT2D eigenvalue weighted by atomic mass is 10.0. The number of aliphatic imine (C=N–C) groups is 1. The second-order valence-corrected chi connectivity index (χ2v) is 5.74. The van der Waals surface area contributed by atoms with Crippen molar-refractivity contribution in [3.05, 3.63) is 23.9 Å². The van der Waals surface area contributed by atoms with Gasteiger partial charge in [-0.25, -0.2) is 4.99 Å². The number of hydrogen-bond donors (Lipinski definition) is 2. The molecule has 0 saturated heterocycles. The van der Waals surface area contributed by atoms with E-state index in [2.05, 4.69) is 31.7 Å². The number of hydrogen-bond acceptors (Lipinski definition) is 4. The first-order valence-corrected chi connectivity index (χ1v) is 7.57. The molecule has 5 nitrogen and oxygen atoms in total. The molecule has 0 saturated carbocycles. The van der Waals surface area contributed by atoms with Crippen LogP contribution in [0.2, 0.25) is 0 Å². The highest BCUT2D eigenvalue weighted by Crippen LogP contribution is 2.37. The zero-order valence-electron chi connectivity index (χ0n) is 12.9. The summed E-state index contributed by atoms with van der Waals surface area (Å²) in [6, 6.07) is 4.06. The predicted molar refractivity (Wildman–Crippen MR) is 89.1 cm³/mol. The lowest BCUT2D eigenvalue weighted by molar-refractivity contribution is 0.403. The molecular formula is C16H23N5. The number of amidine groups is 1. The molecule has 0 spiro atoms. The zero-order chi connectivity index (χ0) is 15.1. The molecule has 3 rings (SSSR count). The van der Waals surface area contributed by atoms with Gasteiger partial charge in [-0.2, -0.15) is 0 Å². The number of nitrogens with zero attached hydrogens (tertiary/aromatic N) is 3. The topological polar surface area (TPSA) is 72.6 Å². The highest BCUT2D eigenvalue weighted by atomic mass is 15.3. The first-order chi connectivity index (χ1) is 10.1. The summed E-state index contributed by atoms with van der Waals surface area (Å²) in [5, 5.41) is 1.04. The van der Waals surface area contributed by atoms with Gasteiger partial charge in [0.05, 0.1) is 16.9 Å². The van der Waals surface area contributed by atoms with Crippen LogP contribution < -0.4 is 11.6 Å². The van der Waals surface area contributed by atoms with Crippen LogP contribution in [0.1, 0.15) is 32.8 Å². The van der Waals surface area contributed by atoms with Crippen molar-refractivity contribution in [3.63, 3.8) is 0 Å². The number of benzene rings is 1. The molecule has 0 radical (unpaired) electrons. The van der Waals surface area contributed by atoms with Gasteiger partial charge in [0, 0.05) is 36.2 Å². The fraction of sp³-hybridized carbons (Fsp3) is 0.438. The van der Waals surface area contributed by atoms with Crippen molar-refractivity contribution < 1.29 is 0 Å². The Morgan fingerprint density at radius 3 is 2.76 bits per heavy atom. The number of fused-ring (bicyclic) bond motifs is 3. The van der Waals surface area contributed by atoms with Gasteiger partial charge in [0.15, 0.2) is 0 Å². The molecule has 1 unspecified atom stereocenters. The molecule has 5 heteroatoms. The van der Waals surface area contributed by atoms with Crippen molar-refractivity contribution in [2.75, 3.05) is 18.1 Å². The monoisotopic (exact) mass is 285 g/mol. The molecule has 0 amide bonds. The molecule has 1 aliphatic rings. The average molecular weight is 285 g/mol. The zero-order valence-corrected chi connectivity index (χ0v) is 12.9. The maximum absolute atomic E-state index is 6.14.